The number of benzene rings is 5. The van der Waals surface area contributed by atoms with Gasteiger partial charge in [0, 0.05) is 56.9 Å². The maximum absolute atomic E-state index is 5.28. The lowest BCUT2D eigenvalue weighted by Crippen LogP contribution is -2.03. The standard InChI is InChI=1S/C38H24N6/c1-2-9-28(10-3-1)43-22-19-27-23-31-29-11-5-7-14-33(29)44(35(31)24-34(27)43)38-41-32-13-6-4-12-30(32)36(42-38)25-15-17-26(18-16-25)37-39-20-8-21-40-37/h1-24H. The van der Waals surface area contributed by atoms with Crippen LogP contribution in [0.3, 0.4) is 0 Å². The lowest BCUT2D eigenvalue weighted by atomic mass is 10.0. The third kappa shape index (κ3) is 3.82. The van der Waals surface area contributed by atoms with Gasteiger partial charge in [0.25, 0.3) is 0 Å². The van der Waals surface area contributed by atoms with E-state index in [0.717, 1.165) is 50.0 Å². The Balaban J connectivity index is 1.30. The first-order chi connectivity index (χ1) is 21.8. The van der Waals surface area contributed by atoms with Crippen molar-refractivity contribution < 1.29 is 0 Å². The van der Waals surface area contributed by atoms with E-state index in [-0.39, 0.29) is 0 Å². The lowest BCUT2D eigenvalue weighted by molar-refractivity contribution is 1.01. The largest absolute Gasteiger partial charge is 0.316 e. The molecule has 0 bridgehead atoms. The summed E-state index contributed by atoms with van der Waals surface area (Å²) in [7, 11) is 0. The van der Waals surface area contributed by atoms with Crippen molar-refractivity contribution in [1.82, 2.24) is 29.1 Å². The van der Waals surface area contributed by atoms with Crippen LogP contribution in [0.4, 0.5) is 0 Å². The zero-order chi connectivity index (χ0) is 29.0. The molecule has 44 heavy (non-hydrogen) atoms. The molecule has 9 aromatic rings. The number of aromatic nitrogens is 6. The van der Waals surface area contributed by atoms with Crippen LogP contribution in [0.15, 0.2) is 146 Å². The van der Waals surface area contributed by atoms with Crippen LogP contribution in [-0.2, 0) is 0 Å². The average molecular weight is 565 g/mol. The topological polar surface area (TPSA) is 61.4 Å². The molecule has 0 saturated heterocycles. The van der Waals surface area contributed by atoms with E-state index in [2.05, 4.69) is 128 Å². The number of rotatable bonds is 4. The van der Waals surface area contributed by atoms with E-state index in [1.807, 2.05) is 24.3 Å². The molecule has 5 aromatic carbocycles. The monoisotopic (exact) mass is 564 g/mol. The summed E-state index contributed by atoms with van der Waals surface area (Å²) < 4.78 is 4.44. The van der Waals surface area contributed by atoms with Crippen LogP contribution in [-0.4, -0.2) is 29.1 Å². The van der Waals surface area contributed by atoms with Gasteiger partial charge in [0.2, 0.25) is 5.95 Å². The van der Waals surface area contributed by atoms with Crippen molar-refractivity contribution in [2.75, 3.05) is 0 Å². The molecule has 0 amide bonds. The Hall–Kier alpha value is -6.14. The summed E-state index contributed by atoms with van der Waals surface area (Å²) in [4.78, 5) is 19.2. The van der Waals surface area contributed by atoms with Crippen LogP contribution in [0.5, 0.6) is 0 Å². The summed E-state index contributed by atoms with van der Waals surface area (Å²) in [6, 6.07) is 44.0. The molecule has 0 N–H and O–H groups in total. The molecule has 9 rings (SSSR count). The Kier molecular flexibility index (Phi) is 5.40. The number of hydrogen-bond donors (Lipinski definition) is 0. The van der Waals surface area contributed by atoms with E-state index < -0.39 is 0 Å². The van der Waals surface area contributed by atoms with Crippen molar-refractivity contribution in [2.45, 2.75) is 0 Å². The molecule has 4 heterocycles. The van der Waals surface area contributed by atoms with Gasteiger partial charge in [-0.05, 0) is 48.5 Å². The third-order valence-corrected chi connectivity index (χ3v) is 8.29. The average Bonchev–Trinajstić information content (AvgIpc) is 3.66. The van der Waals surface area contributed by atoms with Gasteiger partial charge in [-0.25, -0.2) is 19.9 Å². The van der Waals surface area contributed by atoms with Crippen LogP contribution in [0, 0.1) is 0 Å². The smallest absolute Gasteiger partial charge is 0.235 e. The molecule has 0 unspecified atom stereocenters. The first-order valence-electron chi connectivity index (χ1n) is 14.6. The van der Waals surface area contributed by atoms with Gasteiger partial charge in [-0.2, -0.15) is 0 Å². The molecule has 0 fully saturated rings. The van der Waals surface area contributed by atoms with Gasteiger partial charge in [0.05, 0.1) is 27.8 Å². The van der Waals surface area contributed by atoms with E-state index in [0.29, 0.717) is 11.8 Å². The molecule has 0 aliphatic heterocycles. The predicted octanol–water partition coefficient (Wildman–Crippen LogP) is 8.79. The SMILES string of the molecule is c1ccc(-n2ccc3cc4c5ccccc5n(-c5nc(-c6ccc(-c7ncccn7)cc6)c6ccccc6n5)c4cc32)cc1. The Morgan fingerprint density at radius 2 is 1.23 bits per heavy atom. The molecule has 0 saturated carbocycles. The second kappa shape index (κ2) is 9.71. The van der Waals surface area contributed by atoms with E-state index in [1.54, 1.807) is 12.4 Å². The summed E-state index contributed by atoms with van der Waals surface area (Å²) in [5, 5.41) is 4.53. The van der Waals surface area contributed by atoms with Gasteiger partial charge in [-0.1, -0.05) is 78.9 Å². The first kappa shape index (κ1) is 24.5. The fraction of sp³-hybridized carbons (Fsp3) is 0. The molecule has 4 aromatic heterocycles. The summed E-state index contributed by atoms with van der Waals surface area (Å²) in [6.45, 7) is 0. The van der Waals surface area contributed by atoms with E-state index in [1.165, 1.54) is 16.2 Å². The molecule has 0 radical (unpaired) electrons. The highest BCUT2D eigenvalue weighted by molar-refractivity contribution is 6.13. The quantitative estimate of drug-likeness (QED) is 0.214. The summed E-state index contributed by atoms with van der Waals surface area (Å²) in [5.74, 6) is 1.33. The highest BCUT2D eigenvalue weighted by atomic mass is 15.2. The maximum atomic E-state index is 5.28. The second-order valence-corrected chi connectivity index (χ2v) is 10.8. The van der Waals surface area contributed by atoms with E-state index >= 15 is 0 Å². The second-order valence-electron chi connectivity index (χ2n) is 10.8. The summed E-state index contributed by atoms with van der Waals surface area (Å²) in [6.07, 6.45) is 5.66. The highest BCUT2D eigenvalue weighted by Crippen LogP contribution is 2.36. The van der Waals surface area contributed by atoms with Crippen LogP contribution in [0.25, 0.3) is 77.9 Å². The molecule has 0 aliphatic rings. The van der Waals surface area contributed by atoms with Crippen LogP contribution in [0.2, 0.25) is 0 Å². The van der Waals surface area contributed by atoms with Gasteiger partial charge in [0.15, 0.2) is 5.82 Å². The molecule has 6 heteroatoms. The molecular formula is C38H24N6. The zero-order valence-electron chi connectivity index (χ0n) is 23.5. The molecular weight excluding hydrogens is 540 g/mol. The maximum Gasteiger partial charge on any atom is 0.235 e. The normalized spacial score (nSPS) is 11.6. The predicted molar refractivity (Wildman–Crippen MR) is 177 cm³/mol. The van der Waals surface area contributed by atoms with Gasteiger partial charge in [0.1, 0.15) is 0 Å². The van der Waals surface area contributed by atoms with Gasteiger partial charge in [-0.15, -0.1) is 0 Å². The van der Waals surface area contributed by atoms with Crippen molar-refractivity contribution in [3.05, 3.63) is 146 Å². The van der Waals surface area contributed by atoms with Crippen molar-refractivity contribution in [2.24, 2.45) is 0 Å². The lowest BCUT2D eigenvalue weighted by Gasteiger charge is -2.12. The van der Waals surface area contributed by atoms with Gasteiger partial charge < -0.3 is 4.57 Å². The number of para-hydroxylation sites is 3. The van der Waals surface area contributed by atoms with Crippen LogP contribution >= 0.6 is 0 Å². The van der Waals surface area contributed by atoms with Gasteiger partial charge in [-0.3, -0.25) is 4.57 Å². The minimum Gasteiger partial charge on any atom is -0.316 e. The molecule has 0 aliphatic carbocycles. The molecule has 206 valence electrons. The van der Waals surface area contributed by atoms with Crippen molar-refractivity contribution in [1.29, 1.82) is 0 Å². The Labute approximate surface area is 252 Å². The summed E-state index contributed by atoms with van der Waals surface area (Å²) >= 11 is 0. The summed E-state index contributed by atoms with van der Waals surface area (Å²) in [5.41, 5.74) is 8.12. The van der Waals surface area contributed by atoms with Crippen LogP contribution in [0.1, 0.15) is 0 Å². The highest BCUT2D eigenvalue weighted by Gasteiger charge is 2.19. The van der Waals surface area contributed by atoms with Crippen molar-refractivity contribution in [3.8, 4) is 34.3 Å². The fourth-order valence-electron chi connectivity index (χ4n) is 6.24. The Morgan fingerprint density at radius 3 is 2.07 bits per heavy atom. The molecule has 6 nitrogen and oxygen atoms in total. The molecule has 0 spiro atoms. The minimum absolute atomic E-state index is 0.637. The van der Waals surface area contributed by atoms with E-state index in [4.69, 9.17) is 9.97 Å². The third-order valence-electron chi connectivity index (χ3n) is 8.29. The fourth-order valence-corrected chi connectivity index (χ4v) is 6.24. The molecule has 0 atom stereocenters. The van der Waals surface area contributed by atoms with E-state index in [9.17, 15) is 0 Å². The Bertz CT molecular complexity index is 2480. The number of nitrogens with zero attached hydrogens (tertiary/aromatic N) is 6. The minimum atomic E-state index is 0.637. The van der Waals surface area contributed by atoms with Crippen LogP contribution < -0.4 is 0 Å². The number of fused-ring (bicyclic) bond motifs is 5. The first-order valence-corrected chi connectivity index (χ1v) is 14.6. The van der Waals surface area contributed by atoms with Gasteiger partial charge >= 0.3 is 0 Å². The van der Waals surface area contributed by atoms with Crippen molar-refractivity contribution >= 4 is 43.6 Å². The zero-order valence-corrected chi connectivity index (χ0v) is 23.5. The number of hydrogen-bond acceptors (Lipinski definition) is 4. The Morgan fingerprint density at radius 1 is 0.500 bits per heavy atom. The van der Waals surface area contributed by atoms with Crippen molar-refractivity contribution in [3.63, 3.8) is 0 Å².